The molecule has 0 saturated carbocycles. The van der Waals surface area contributed by atoms with Gasteiger partial charge in [-0.3, -0.25) is 0 Å². The number of nitrogens with zero attached hydrogens (tertiary/aromatic N) is 3. The number of carbonyl (C=O) groups is 1. The number of hydrogen-bond donors (Lipinski definition) is 2. The van der Waals surface area contributed by atoms with Crippen LogP contribution in [0.4, 0.5) is 10.6 Å². The molecule has 1 amide bonds. The number of fused-ring (bicyclic) bond motifs is 1. The van der Waals surface area contributed by atoms with E-state index in [4.69, 9.17) is 10.5 Å². The van der Waals surface area contributed by atoms with Crippen LogP contribution in [0.5, 0.6) is 0 Å². The van der Waals surface area contributed by atoms with Crippen molar-refractivity contribution in [3.8, 4) is 11.3 Å². The number of ether oxygens (including phenoxy) is 1. The second-order valence-electron chi connectivity index (χ2n) is 6.72. The first-order chi connectivity index (χ1) is 11.8. The molecular formula is C18H21N5O2. The lowest BCUT2D eigenvalue weighted by atomic mass is 10.1. The van der Waals surface area contributed by atoms with Crippen molar-refractivity contribution in [3.63, 3.8) is 0 Å². The molecule has 0 aliphatic rings. The summed E-state index contributed by atoms with van der Waals surface area (Å²) in [5.41, 5.74) is 8.96. The third-order valence-corrected chi connectivity index (χ3v) is 3.54. The van der Waals surface area contributed by atoms with Gasteiger partial charge in [0.05, 0.1) is 5.69 Å². The van der Waals surface area contributed by atoms with Gasteiger partial charge in [-0.15, -0.1) is 0 Å². The summed E-state index contributed by atoms with van der Waals surface area (Å²) >= 11 is 0. The van der Waals surface area contributed by atoms with Crippen molar-refractivity contribution in [1.82, 2.24) is 19.9 Å². The number of aromatic nitrogens is 3. The Morgan fingerprint density at radius 2 is 2.08 bits per heavy atom. The topological polar surface area (TPSA) is 94.5 Å². The molecule has 0 fully saturated rings. The molecule has 0 atom stereocenters. The molecule has 7 heteroatoms. The molecular weight excluding hydrogens is 318 g/mol. The fourth-order valence-electron chi connectivity index (χ4n) is 2.50. The lowest BCUT2D eigenvalue weighted by Crippen LogP contribution is -2.32. The quantitative estimate of drug-likeness (QED) is 0.765. The molecule has 0 aliphatic heterocycles. The van der Waals surface area contributed by atoms with E-state index < -0.39 is 11.7 Å². The molecule has 25 heavy (non-hydrogen) atoms. The number of rotatable bonds is 3. The molecule has 2 heterocycles. The van der Waals surface area contributed by atoms with Crippen molar-refractivity contribution in [2.75, 3.05) is 5.73 Å². The average Bonchev–Trinajstić information content (AvgIpc) is 2.97. The van der Waals surface area contributed by atoms with Crippen LogP contribution in [0.15, 0.2) is 42.7 Å². The van der Waals surface area contributed by atoms with E-state index in [0.717, 1.165) is 22.3 Å². The Hall–Kier alpha value is -3.09. The largest absolute Gasteiger partial charge is 0.444 e. The number of hydrogen-bond acceptors (Lipinski definition) is 5. The fourth-order valence-corrected chi connectivity index (χ4v) is 2.50. The molecule has 7 nitrogen and oxygen atoms in total. The maximum absolute atomic E-state index is 11.8. The maximum atomic E-state index is 11.8. The molecule has 0 aliphatic carbocycles. The molecule has 2 aromatic heterocycles. The molecule has 0 unspecified atom stereocenters. The van der Waals surface area contributed by atoms with Crippen molar-refractivity contribution in [1.29, 1.82) is 0 Å². The Kier molecular flexibility index (Phi) is 4.31. The van der Waals surface area contributed by atoms with Gasteiger partial charge in [-0.1, -0.05) is 18.2 Å². The number of carbonyl (C=O) groups excluding carboxylic acids is 1. The molecule has 0 radical (unpaired) electrons. The smallest absolute Gasteiger partial charge is 0.407 e. The summed E-state index contributed by atoms with van der Waals surface area (Å²) in [4.78, 5) is 15.8. The number of benzene rings is 1. The Bertz CT molecular complexity index is 911. The van der Waals surface area contributed by atoms with Gasteiger partial charge < -0.3 is 15.8 Å². The summed E-state index contributed by atoms with van der Waals surface area (Å²) in [6, 6.07) is 11.7. The van der Waals surface area contributed by atoms with Crippen molar-refractivity contribution in [3.05, 3.63) is 48.3 Å². The molecule has 3 rings (SSSR count). The van der Waals surface area contributed by atoms with E-state index in [1.807, 2.05) is 57.2 Å². The summed E-state index contributed by atoms with van der Waals surface area (Å²) in [6.07, 6.45) is 0.992. The minimum absolute atomic E-state index is 0.378. The first-order valence-corrected chi connectivity index (χ1v) is 7.98. The SMILES string of the molecule is CC(C)(C)OC(=O)NCc1cccc(-c2ccc3c(N)ncnn23)c1. The zero-order valence-corrected chi connectivity index (χ0v) is 14.5. The summed E-state index contributed by atoms with van der Waals surface area (Å²) in [5, 5.41) is 7.02. The molecule has 0 saturated heterocycles. The third-order valence-electron chi connectivity index (χ3n) is 3.54. The van der Waals surface area contributed by atoms with E-state index in [-0.39, 0.29) is 0 Å². The van der Waals surface area contributed by atoms with E-state index in [9.17, 15) is 4.79 Å². The number of nitrogens with one attached hydrogen (secondary N) is 1. The highest BCUT2D eigenvalue weighted by Gasteiger charge is 2.16. The second-order valence-corrected chi connectivity index (χ2v) is 6.72. The van der Waals surface area contributed by atoms with Crippen LogP contribution in [0.25, 0.3) is 16.8 Å². The van der Waals surface area contributed by atoms with Gasteiger partial charge in [0, 0.05) is 12.1 Å². The van der Waals surface area contributed by atoms with Gasteiger partial charge in [-0.2, -0.15) is 5.10 Å². The Morgan fingerprint density at radius 3 is 2.84 bits per heavy atom. The molecule has 130 valence electrons. The molecule has 1 aromatic carbocycles. The molecule has 0 spiro atoms. The van der Waals surface area contributed by atoms with Crippen molar-refractivity contribution < 1.29 is 9.53 Å². The fraction of sp³-hybridized carbons (Fsp3) is 0.278. The first-order valence-electron chi connectivity index (χ1n) is 7.98. The van der Waals surface area contributed by atoms with Gasteiger partial charge in [0.25, 0.3) is 0 Å². The van der Waals surface area contributed by atoms with E-state index in [1.54, 1.807) is 4.52 Å². The van der Waals surface area contributed by atoms with Crippen LogP contribution in [0.1, 0.15) is 26.3 Å². The van der Waals surface area contributed by atoms with E-state index >= 15 is 0 Å². The van der Waals surface area contributed by atoms with Crippen LogP contribution in [0.3, 0.4) is 0 Å². The van der Waals surface area contributed by atoms with Gasteiger partial charge in [-0.05, 0) is 44.5 Å². The summed E-state index contributed by atoms with van der Waals surface area (Å²) in [6.45, 7) is 5.87. The number of anilines is 1. The second kappa shape index (κ2) is 6.43. The van der Waals surface area contributed by atoms with Crippen LogP contribution in [0.2, 0.25) is 0 Å². The highest BCUT2D eigenvalue weighted by Crippen LogP contribution is 2.24. The highest BCUT2D eigenvalue weighted by atomic mass is 16.6. The molecule has 0 bridgehead atoms. The van der Waals surface area contributed by atoms with Crippen LogP contribution in [-0.4, -0.2) is 26.3 Å². The van der Waals surface area contributed by atoms with Crippen molar-refractivity contribution >= 4 is 17.4 Å². The van der Waals surface area contributed by atoms with Crippen molar-refractivity contribution in [2.24, 2.45) is 0 Å². The van der Waals surface area contributed by atoms with Crippen LogP contribution in [0, 0.1) is 0 Å². The number of alkyl carbamates (subject to hydrolysis) is 1. The molecule has 3 aromatic rings. The number of nitrogen functional groups attached to an aromatic ring is 1. The van der Waals surface area contributed by atoms with Gasteiger partial charge in [-0.25, -0.2) is 14.3 Å². The zero-order valence-electron chi connectivity index (χ0n) is 14.5. The third kappa shape index (κ3) is 3.88. The minimum Gasteiger partial charge on any atom is -0.444 e. The normalized spacial score (nSPS) is 11.5. The maximum Gasteiger partial charge on any atom is 0.407 e. The van der Waals surface area contributed by atoms with Gasteiger partial charge in [0.2, 0.25) is 0 Å². The summed E-state index contributed by atoms with van der Waals surface area (Å²) in [7, 11) is 0. The standard InChI is InChI=1S/C18H21N5O2/c1-18(2,3)25-17(24)20-10-12-5-4-6-13(9-12)14-7-8-15-16(19)21-11-22-23(14)15/h4-9,11H,10H2,1-3H3,(H,20,24)(H2,19,21,22). The lowest BCUT2D eigenvalue weighted by molar-refractivity contribution is 0.0523. The number of nitrogens with two attached hydrogens (primary N) is 1. The van der Waals surface area contributed by atoms with Crippen molar-refractivity contribution in [2.45, 2.75) is 32.9 Å². The first kappa shape index (κ1) is 16.8. The van der Waals surface area contributed by atoms with Crippen LogP contribution >= 0.6 is 0 Å². The highest BCUT2D eigenvalue weighted by molar-refractivity contribution is 5.73. The Balaban J connectivity index is 1.80. The summed E-state index contributed by atoms with van der Waals surface area (Å²) < 4.78 is 7.00. The van der Waals surface area contributed by atoms with Gasteiger partial charge in [0.15, 0.2) is 5.82 Å². The summed E-state index contributed by atoms with van der Waals surface area (Å²) in [5.74, 6) is 0.434. The minimum atomic E-state index is -0.517. The van der Waals surface area contributed by atoms with Crippen LogP contribution < -0.4 is 11.1 Å². The number of amides is 1. The zero-order chi connectivity index (χ0) is 18.0. The predicted molar refractivity (Wildman–Crippen MR) is 95.9 cm³/mol. The lowest BCUT2D eigenvalue weighted by Gasteiger charge is -2.19. The Morgan fingerprint density at radius 1 is 1.28 bits per heavy atom. The molecule has 3 N–H and O–H groups in total. The average molecular weight is 339 g/mol. The van der Waals surface area contributed by atoms with E-state index in [2.05, 4.69) is 15.4 Å². The monoisotopic (exact) mass is 339 g/mol. The van der Waals surface area contributed by atoms with Gasteiger partial charge in [0.1, 0.15) is 17.4 Å². The van der Waals surface area contributed by atoms with Crippen LogP contribution in [-0.2, 0) is 11.3 Å². The Labute approximate surface area is 145 Å². The van der Waals surface area contributed by atoms with E-state index in [1.165, 1.54) is 6.33 Å². The van der Waals surface area contributed by atoms with E-state index in [0.29, 0.717) is 12.4 Å². The van der Waals surface area contributed by atoms with Gasteiger partial charge >= 0.3 is 6.09 Å². The predicted octanol–water partition coefficient (Wildman–Crippen LogP) is 3.00.